The van der Waals surface area contributed by atoms with E-state index >= 15 is 0 Å². The Bertz CT molecular complexity index is 1270. The van der Waals surface area contributed by atoms with Crippen LogP contribution in [0.25, 0.3) is 11.0 Å². The lowest BCUT2D eigenvalue weighted by molar-refractivity contribution is 0.0996. The molecule has 3 aromatic heterocycles. The summed E-state index contributed by atoms with van der Waals surface area (Å²) < 4.78 is 29.0. The van der Waals surface area contributed by atoms with Gasteiger partial charge in [-0.3, -0.25) is 9.59 Å². The van der Waals surface area contributed by atoms with E-state index in [9.17, 15) is 18.4 Å². The van der Waals surface area contributed by atoms with Gasteiger partial charge in [0, 0.05) is 18.9 Å². The number of rotatable bonds is 6. The Balaban J connectivity index is 1.78. The number of nitrogens with two attached hydrogens (primary N) is 1. The standard InChI is InChI=1S/C19H13F2N7O2/c20-12-2-1-10(17(22)30)15(21)14(12)16(29)11-7-24-19-13(11)18(25-8-26-19)23-5-9-3-4-27-28-6-9/h1-4,6-8H,5H2,(H2,22,30)(H2,23,24,25,26). The first-order valence-electron chi connectivity index (χ1n) is 8.61. The molecule has 1 aromatic carbocycles. The fourth-order valence-corrected chi connectivity index (χ4v) is 2.97. The van der Waals surface area contributed by atoms with Crippen LogP contribution in [0.5, 0.6) is 0 Å². The van der Waals surface area contributed by atoms with Gasteiger partial charge in [-0.05, 0) is 23.8 Å². The van der Waals surface area contributed by atoms with Crippen LogP contribution < -0.4 is 11.1 Å². The molecule has 0 aliphatic heterocycles. The van der Waals surface area contributed by atoms with Crippen LogP contribution in [0.3, 0.4) is 0 Å². The Labute approximate surface area is 167 Å². The number of halogens is 2. The van der Waals surface area contributed by atoms with Crippen LogP contribution in [0.1, 0.15) is 31.8 Å². The number of H-pyrrole nitrogens is 1. The summed E-state index contributed by atoms with van der Waals surface area (Å²) >= 11 is 0. The van der Waals surface area contributed by atoms with Crippen molar-refractivity contribution in [2.75, 3.05) is 5.32 Å². The Morgan fingerprint density at radius 1 is 1.10 bits per heavy atom. The lowest BCUT2D eigenvalue weighted by Gasteiger charge is -2.09. The minimum absolute atomic E-state index is 0.0691. The molecule has 0 aliphatic carbocycles. The maximum absolute atomic E-state index is 14.7. The molecule has 0 fully saturated rings. The van der Waals surface area contributed by atoms with Gasteiger partial charge in [0.05, 0.1) is 28.3 Å². The third kappa shape index (κ3) is 3.32. The van der Waals surface area contributed by atoms with E-state index in [4.69, 9.17) is 5.73 Å². The minimum Gasteiger partial charge on any atom is -0.366 e. The number of hydrogen-bond acceptors (Lipinski definition) is 7. The molecule has 4 rings (SSSR count). The van der Waals surface area contributed by atoms with E-state index in [0.717, 1.165) is 17.7 Å². The van der Waals surface area contributed by atoms with Gasteiger partial charge in [0.15, 0.2) is 0 Å². The molecule has 4 aromatic rings. The number of anilines is 1. The van der Waals surface area contributed by atoms with E-state index in [-0.39, 0.29) is 22.4 Å². The van der Waals surface area contributed by atoms with Gasteiger partial charge in [0.1, 0.15) is 29.4 Å². The topological polar surface area (TPSA) is 140 Å². The van der Waals surface area contributed by atoms with Gasteiger partial charge in [-0.2, -0.15) is 10.2 Å². The maximum atomic E-state index is 14.7. The monoisotopic (exact) mass is 409 g/mol. The largest absolute Gasteiger partial charge is 0.366 e. The first-order valence-corrected chi connectivity index (χ1v) is 8.61. The van der Waals surface area contributed by atoms with Crippen molar-refractivity contribution >= 4 is 28.5 Å². The Hall–Kier alpha value is -4.28. The van der Waals surface area contributed by atoms with Crippen molar-refractivity contribution < 1.29 is 18.4 Å². The summed E-state index contributed by atoms with van der Waals surface area (Å²) in [5.74, 6) is -4.27. The molecule has 0 aliphatic rings. The molecule has 3 heterocycles. The number of nitrogens with zero attached hydrogens (tertiary/aromatic N) is 4. The third-order valence-corrected chi connectivity index (χ3v) is 4.40. The van der Waals surface area contributed by atoms with E-state index in [2.05, 4.69) is 30.5 Å². The predicted octanol–water partition coefficient (Wildman–Crippen LogP) is 1.97. The van der Waals surface area contributed by atoms with Crippen LogP contribution in [0.15, 0.2) is 43.1 Å². The molecule has 0 atom stereocenters. The summed E-state index contributed by atoms with van der Waals surface area (Å²) in [4.78, 5) is 35.3. The number of nitrogens with one attached hydrogen (secondary N) is 2. The van der Waals surface area contributed by atoms with Gasteiger partial charge in [-0.15, -0.1) is 0 Å². The van der Waals surface area contributed by atoms with Gasteiger partial charge in [-0.1, -0.05) is 0 Å². The molecule has 0 spiro atoms. The van der Waals surface area contributed by atoms with Crippen LogP contribution >= 0.6 is 0 Å². The van der Waals surface area contributed by atoms with E-state index in [1.807, 2.05) is 0 Å². The third-order valence-electron chi connectivity index (χ3n) is 4.40. The van der Waals surface area contributed by atoms with Crippen LogP contribution in [0.2, 0.25) is 0 Å². The van der Waals surface area contributed by atoms with Crippen molar-refractivity contribution in [3.63, 3.8) is 0 Å². The number of aromatic amines is 1. The molecule has 30 heavy (non-hydrogen) atoms. The zero-order valence-corrected chi connectivity index (χ0v) is 15.2. The summed E-state index contributed by atoms with van der Waals surface area (Å²) in [6, 6.07) is 3.44. The van der Waals surface area contributed by atoms with Crippen molar-refractivity contribution in [2.45, 2.75) is 6.54 Å². The summed E-state index contributed by atoms with van der Waals surface area (Å²) in [5.41, 5.74) is 4.65. The number of aromatic nitrogens is 5. The second kappa shape index (κ2) is 7.62. The predicted molar refractivity (Wildman–Crippen MR) is 102 cm³/mol. The highest BCUT2D eigenvalue weighted by atomic mass is 19.1. The Kier molecular flexibility index (Phi) is 4.84. The van der Waals surface area contributed by atoms with Crippen LogP contribution in [0.4, 0.5) is 14.6 Å². The first-order chi connectivity index (χ1) is 14.5. The number of fused-ring (bicyclic) bond motifs is 1. The summed E-state index contributed by atoms with van der Waals surface area (Å²) in [7, 11) is 0. The fourth-order valence-electron chi connectivity index (χ4n) is 2.97. The number of benzene rings is 1. The quantitative estimate of drug-likeness (QED) is 0.414. The molecular formula is C19H13F2N7O2. The average Bonchev–Trinajstić information content (AvgIpc) is 3.17. The van der Waals surface area contributed by atoms with E-state index in [0.29, 0.717) is 6.54 Å². The smallest absolute Gasteiger partial charge is 0.251 e. The van der Waals surface area contributed by atoms with Crippen LogP contribution in [-0.4, -0.2) is 36.8 Å². The van der Waals surface area contributed by atoms with Crippen molar-refractivity contribution in [3.8, 4) is 0 Å². The van der Waals surface area contributed by atoms with Gasteiger partial charge in [0.2, 0.25) is 5.78 Å². The highest BCUT2D eigenvalue weighted by molar-refractivity contribution is 6.18. The lowest BCUT2D eigenvalue weighted by Crippen LogP contribution is -2.17. The lowest BCUT2D eigenvalue weighted by atomic mass is 9.99. The van der Waals surface area contributed by atoms with Crippen molar-refractivity contribution in [3.05, 3.63) is 77.0 Å². The van der Waals surface area contributed by atoms with Gasteiger partial charge in [0.25, 0.3) is 5.91 Å². The number of primary amides is 1. The molecule has 9 nitrogen and oxygen atoms in total. The zero-order chi connectivity index (χ0) is 21.3. The first kappa shape index (κ1) is 19.1. The molecule has 150 valence electrons. The summed E-state index contributed by atoms with van der Waals surface area (Å²) in [6.45, 7) is 0.306. The Morgan fingerprint density at radius 2 is 1.93 bits per heavy atom. The van der Waals surface area contributed by atoms with Gasteiger partial charge in [-0.25, -0.2) is 18.7 Å². The normalized spacial score (nSPS) is 10.9. The van der Waals surface area contributed by atoms with E-state index in [1.165, 1.54) is 18.7 Å². The van der Waals surface area contributed by atoms with Gasteiger partial charge < -0.3 is 16.0 Å². The molecule has 0 unspecified atom stereocenters. The van der Waals surface area contributed by atoms with Gasteiger partial charge >= 0.3 is 0 Å². The minimum atomic E-state index is -1.32. The number of carbonyl (C=O) groups excluding carboxylic acids is 2. The number of ketones is 1. The molecular weight excluding hydrogens is 396 g/mol. The van der Waals surface area contributed by atoms with Crippen LogP contribution in [-0.2, 0) is 6.54 Å². The number of amides is 1. The molecule has 1 amide bonds. The van der Waals surface area contributed by atoms with Crippen molar-refractivity contribution in [1.29, 1.82) is 0 Å². The average molecular weight is 409 g/mol. The maximum Gasteiger partial charge on any atom is 0.251 e. The second-order valence-corrected chi connectivity index (χ2v) is 6.23. The second-order valence-electron chi connectivity index (χ2n) is 6.23. The highest BCUT2D eigenvalue weighted by Gasteiger charge is 2.26. The molecule has 11 heteroatoms. The zero-order valence-electron chi connectivity index (χ0n) is 15.2. The SMILES string of the molecule is NC(=O)c1ccc(F)c(C(=O)c2c[nH]c3ncnc(NCc4ccnnc4)c23)c1F. The molecule has 0 radical (unpaired) electrons. The number of carbonyl (C=O) groups is 2. The molecule has 0 saturated carbocycles. The highest BCUT2D eigenvalue weighted by Crippen LogP contribution is 2.28. The van der Waals surface area contributed by atoms with Crippen molar-refractivity contribution in [2.24, 2.45) is 5.73 Å². The molecule has 0 saturated heterocycles. The summed E-state index contributed by atoms with van der Waals surface area (Å²) in [6.07, 6.45) is 5.62. The van der Waals surface area contributed by atoms with E-state index in [1.54, 1.807) is 12.3 Å². The molecule has 0 bridgehead atoms. The number of hydrogen-bond donors (Lipinski definition) is 3. The van der Waals surface area contributed by atoms with E-state index < -0.39 is 34.5 Å². The fraction of sp³-hybridized carbons (Fsp3) is 0.0526. The van der Waals surface area contributed by atoms with Crippen LogP contribution in [0, 0.1) is 11.6 Å². The molecule has 4 N–H and O–H groups in total. The Morgan fingerprint density at radius 3 is 2.67 bits per heavy atom. The van der Waals surface area contributed by atoms with Crippen molar-refractivity contribution in [1.82, 2.24) is 25.1 Å². The summed E-state index contributed by atoms with van der Waals surface area (Å²) in [5, 5.41) is 10.8.